The Kier molecular flexibility index (Phi) is 4.72. The molecule has 0 aliphatic heterocycles. The molecule has 0 radical (unpaired) electrons. The molecule has 0 fully saturated rings. The predicted octanol–water partition coefficient (Wildman–Crippen LogP) is 2.12. The smallest absolute Gasteiger partial charge is 0.253 e. The zero-order valence-corrected chi connectivity index (χ0v) is 9.68. The number of nitrogens with one attached hydrogen (secondary N) is 1. The Morgan fingerprint density at radius 1 is 1.40 bits per heavy atom. The lowest BCUT2D eigenvalue weighted by Crippen LogP contribution is -2.27. The lowest BCUT2D eigenvalue weighted by molar-refractivity contribution is -0.119. The number of ether oxygens (including phenoxy) is 1. The van der Waals surface area contributed by atoms with E-state index in [2.05, 4.69) is 5.32 Å². The maximum Gasteiger partial charge on any atom is 0.253 e. The van der Waals surface area contributed by atoms with Crippen molar-refractivity contribution in [2.45, 2.75) is 11.4 Å². The van der Waals surface area contributed by atoms with Gasteiger partial charge in [0.1, 0.15) is 5.75 Å². The molecule has 0 unspecified atom stereocenters. The summed E-state index contributed by atoms with van der Waals surface area (Å²) >= 11 is 10.8. The zero-order valence-electron chi connectivity index (χ0n) is 8.17. The van der Waals surface area contributed by atoms with Gasteiger partial charge in [-0.2, -0.15) is 0 Å². The average molecular weight is 248 g/mol. The molecule has 0 bridgehead atoms. The molecule has 0 atom stereocenters. The largest absolute Gasteiger partial charge is 0.497 e. The minimum Gasteiger partial charge on any atom is -0.497 e. The van der Waals surface area contributed by atoms with Crippen LogP contribution < -0.4 is 10.1 Å². The van der Waals surface area contributed by atoms with Gasteiger partial charge in [-0.05, 0) is 17.7 Å². The van der Waals surface area contributed by atoms with Gasteiger partial charge >= 0.3 is 0 Å². The number of halogens is 2. The number of benzene rings is 1. The quantitative estimate of drug-likeness (QED) is 0.829. The van der Waals surface area contributed by atoms with Crippen molar-refractivity contribution in [2.24, 2.45) is 0 Å². The van der Waals surface area contributed by atoms with Gasteiger partial charge < -0.3 is 10.1 Å². The van der Waals surface area contributed by atoms with E-state index in [1.165, 1.54) is 0 Å². The summed E-state index contributed by atoms with van der Waals surface area (Å²) in [6, 6.07) is 7.36. The molecular formula is C10H11Cl2NO2. The summed E-state index contributed by atoms with van der Waals surface area (Å²) in [6.07, 6.45) is 0. The van der Waals surface area contributed by atoms with Crippen molar-refractivity contribution in [3.8, 4) is 5.75 Å². The Balaban J connectivity index is 2.47. The molecule has 0 aromatic heterocycles. The van der Waals surface area contributed by atoms with E-state index in [4.69, 9.17) is 27.9 Å². The van der Waals surface area contributed by atoms with Crippen LogP contribution in [-0.2, 0) is 11.3 Å². The van der Waals surface area contributed by atoms with Gasteiger partial charge in [0, 0.05) is 6.54 Å². The molecule has 5 heteroatoms. The van der Waals surface area contributed by atoms with E-state index in [0.717, 1.165) is 11.3 Å². The van der Waals surface area contributed by atoms with E-state index in [-0.39, 0.29) is 0 Å². The molecule has 0 aliphatic rings. The molecule has 0 saturated carbocycles. The fourth-order valence-corrected chi connectivity index (χ4v) is 1.16. The number of hydrogen-bond acceptors (Lipinski definition) is 2. The number of hydrogen-bond donors (Lipinski definition) is 1. The molecule has 82 valence electrons. The number of methoxy groups -OCH3 is 1. The van der Waals surface area contributed by atoms with Crippen LogP contribution in [0.25, 0.3) is 0 Å². The highest BCUT2D eigenvalue weighted by atomic mass is 35.5. The predicted molar refractivity (Wildman–Crippen MR) is 60.3 cm³/mol. The number of amides is 1. The maximum atomic E-state index is 11.0. The van der Waals surface area contributed by atoms with Gasteiger partial charge in [0.25, 0.3) is 5.91 Å². The molecule has 3 nitrogen and oxygen atoms in total. The number of rotatable bonds is 4. The first-order valence-electron chi connectivity index (χ1n) is 4.32. The summed E-state index contributed by atoms with van der Waals surface area (Å²) in [5.41, 5.74) is 0.957. The fraction of sp³-hybridized carbons (Fsp3) is 0.300. The molecule has 0 heterocycles. The Bertz CT molecular complexity index is 325. The number of carbonyl (C=O) groups is 1. The van der Waals surface area contributed by atoms with Gasteiger partial charge in [0.2, 0.25) is 0 Å². The van der Waals surface area contributed by atoms with Gasteiger partial charge in [-0.25, -0.2) is 0 Å². The van der Waals surface area contributed by atoms with Crippen LogP contribution in [0.2, 0.25) is 0 Å². The van der Waals surface area contributed by atoms with Crippen LogP contribution in [0.1, 0.15) is 5.56 Å². The molecule has 1 aromatic carbocycles. The molecule has 1 amide bonds. The second-order valence-corrected chi connectivity index (χ2v) is 3.96. The summed E-state index contributed by atoms with van der Waals surface area (Å²) < 4.78 is 5.00. The highest BCUT2D eigenvalue weighted by Gasteiger charge is 2.09. The van der Waals surface area contributed by atoms with Crippen LogP contribution in [0.3, 0.4) is 0 Å². The molecule has 1 N–H and O–H groups in total. The molecule has 15 heavy (non-hydrogen) atoms. The lowest BCUT2D eigenvalue weighted by Gasteiger charge is -2.06. The van der Waals surface area contributed by atoms with Crippen LogP contribution in [0.5, 0.6) is 5.75 Å². The minimum atomic E-state index is -1.02. The van der Waals surface area contributed by atoms with Crippen molar-refractivity contribution < 1.29 is 9.53 Å². The first-order valence-corrected chi connectivity index (χ1v) is 5.19. The van der Waals surface area contributed by atoms with Crippen molar-refractivity contribution in [3.05, 3.63) is 29.8 Å². The van der Waals surface area contributed by atoms with Crippen LogP contribution in [0.15, 0.2) is 24.3 Å². The molecule has 0 spiro atoms. The maximum absolute atomic E-state index is 11.0. The standard InChI is InChI=1S/C10H11Cl2NO2/c1-15-8-4-2-7(3-5-8)6-13-10(14)9(11)12/h2-5,9H,6H2,1H3,(H,13,14). The van der Waals surface area contributed by atoms with Crippen molar-refractivity contribution in [1.29, 1.82) is 0 Å². The van der Waals surface area contributed by atoms with E-state index in [9.17, 15) is 4.79 Å². The summed E-state index contributed by atoms with van der Waals surface area (Å²) in [5, 5.41) is 2.59. The van der Waals surface area contributed by atoms with E-state index < -0.39 is 10.7 Å². The third-order valence-electron chi connectivity index (χ3n) is 1.82. The zero-order chi connectivity index (χ0) is 11.3. The molecular weight excluding hydrogens is 237 g/mol. The van der Waals surface area contributed by atoms with E-state index in [0.29, 0.717) is 6.54 Å². The van der Waals surface area contributed by atoms with Crippen LogP contribution >= 0.6 is 23.2 Å². The molecule has 0 saturated heterocycles. The highest BCUT2D eigenvalue weighted by molar-refractivity contribution is 6.53. The normalized spacial score (nSPS) is 10.1. The van der Waals surface area contributed by atoms with Crippen molar-refractivity contribution >= 4 is 29.1 Å². The first kappa shape index (κ1) is 12.1. The van der Waals surface area contributed by atoms with Gasteiger partial charge in [-0.15, -0.1) is 0 Å². The SMILES string of the molecule is COc1ccc(CNC(=O)C(Cl)Cl)cc1. The van der Waals surface area contributed by atoms with Gasteiger partial charge in [0.15, 0.2) is 4.84 Å². The highest BCUT2D eigenvalue weighted by Crippen LogP contribution is 2.11. The number of carbonyl (C=O) groups excluding carboxylic acids is 1. The van der Waals surface area contributed by atoms with E-state index >= 15 is 0 Å². The van der Waals surface area contributed by atoms with E-state index in [1.807, 2.05) is 24.3 Å². The first-order chi connectivity index (χ1) is 7.13. The third-order valence-corrected chi connectivity index (χ3v) is 2.22. The number of alkyl halides is 2. The van der Waals surface area contributed by atoms with Gasteiger partial charge in [0.05, 0.1) is 7.11 Å². The minimum absolute atomic E-state index is 0.394. The summed E-state index contributed by atoms with van der Waals surface area (Å²) in [6.45, 7) is 0.402. The third kappa shape index (κ3) is 3.98. The lowest BCUT2D eigenvalue weighted by atomic mass is 10.2. The van der Waals surface area contributed by atoms with Crippen molar-refractivity contribution in [3.63, 3.8) is 0 Å². The van der Waals surface area contributed by atoms with Crippen LogP contribution in [-0.4, -0.2) is 17.9 Å². The van der Waals surface area contributed by atoms with Crippen molar-refractivity contribution in [2.75, 3.05) is 7.11 Å². The second-order valence-electron chi connectivity index (χ2n) is 2.87. The molecule has 0 aliphatic carbocycles. The van der Waals surface area contributed by atoms with Gasteiger partial charge in [-0.3, -0.25) is 4.79 Å². The van der Waals surface area contributed by atoms with E-state index in [1.54, 1.807) is 7.11 Å². The fourth-order valence-electron chi connectivity index (χ4n) is 1.01. The average Bonchev–Trinajstić information content (AvgIpc) is 2.26. The van der Waals surface area contributed by atoms with Crippen LogP contribution in [0, 0.1) is 0 Å². The Hall–Kier alpha value is -0.930. The summed E-state index contributed by atoms with van der Waals surface area (Å²) in [4.78, 5) is 10.0. The monoisotopic (exact) mass is 247 g/mol. The Morgan fingerprint density at radius 3 is 2.47 bits per heavy atom. The molecule has 1 aromatic rings. The molecule has 1 rings (SSSR count). The summed E-state index contributed by atoms with van der Waals surface area (Å²) in [5.74, 6) is 0.381. The Morgan fingerprint density at radius 2 is 2.00 bits per heavy atom. The van der Waals surface area contributed by atoms with Crippen molar-refractivity contribution in [1.82, 2.24) is 5.32 Å². The summed E-state index contributed by atoms with van der Waals surface area (Å²) in [7, 11) is 1.60. The second kappa shape index (κ2) is 5.83. The topological polar surface area (TPSA) is 38.3 Å². The van der Waals surface area contributed by atoms with Crippen LogP contribution in [0.4, 0.5) is 0 Å². The Labute approximate surface area is 98.3 Å². The van der Waals surface area contributed by atoms with Gasteiger partial charge in [-0.1, -0.05) is 35.3 Å².